The number of aryl methyl sites for hydroxylation is 1. The molecule has 1 aromatic heterocycles. The number of carboxylic acid groups (broad SMARTS) is 1. The number of aliphatic carboxylic acids is 1. The van der Waals surface area contributed by atoms with Crippen LogP contribution in [0.2, 0.25) is 0 Å². The van der Waals surface area contributed by atoms with Crippen molar-refractivity contribution in [1.29, 1.82) is 0 Å². The van der Waals surface area contributed by atoms with E-state index >= 15 is 0 Å². The van der Waals surface area contributed by atoms with Crippen molar-refractivity contribution in [1.82, 2.24) is 0 Å². The van der Waals surface area contributed by atoms with Crippen LogP contribution in [-0.2, 0) is 19.7 Å². The number of thiophene rings is 1. The van der Waals surface area contributed by atoms with E-state index < -0.39 is 29.7 Å². The van der Waals surface area contributed by atoms with E-state index in [1.165, 1.54) is 24.0 Å². The molecule has 2 aromatic rings. The van der Waals surface area contributed by atoms with E-state index in [-0.39, 0.29) is 17.4 Å². The predicted octanol–water partition coefficient (Wildman–Crippen LogP) is 4.08. The number of amides is 1. The van der Waals surface area contributed by atoms with E-state index in [2.05, 4.69) is 26.1 Å². The Morgan fingerprint density at radius 1 is 1.06 bits per heavy atom. The summed E-state index contributed by atoms with van der Waals surface area (Å²) in [6.45, 7) is 8.27. The fraction of sp³-hybridized carbons (Fsp3) is 0.400. The standard InChI is InChI=1S/C25H29NO5S/c1-14-19(15-10-12-16(13-11-15)25(2,3)4)20(24(30)31-5)22(32-14)26-21(27)17-8-6-7-9-18(17)23(28)29/h6-7,10-13,17-18H,8-9H2,1-5H3,(H,26,27)(H,28,29)/p-1/t17-,18+/m0/s1. The number of carbonyl (C=O) groups is 3. The summed E-state index contributed by atoms with van der Waals surface area (Å²) >= 11 is 1.28. The molecule has 1 amide bonds. The third-order valence-corrected chi connectivity index (χ3v) is 6.84. The van der Waals surface area contributed by atoms with E-state index in [0.29, 0.717) is 17.0 Å². The summed E-state index contributed by atoms with van der Waals surface area (Å²) in [5, 5.41) is 14.7. The summed E-state index contributed by atoms with van der Waals surface area (Å²) in [4.78, 5) is 38.0. The van der Waals surface area contributed by atoms with Crippen molar-refractivity contribution >= 4 is 34.2 Å². The Kier molecular flexibility index (Phi) is 6.88. The zero-order chi connectivity index (χ0) is 23.6. The number of rotatable bonds is 5. The summed E-state index contributed by atoms with van der Waals surface area (Å²) in [6.07, 6.45) is 4.11. The van der Waals surface area contributed by atoms with E-state index in [1.807, 2.05) is 31.2 Å². The highest BCUT2D eigenvalue weighted by atomic mass is 32.1. The molecule has 0 spiro atoms. The maximum absolute atomic E-state index is 13.0. The van der Waals surface area contributed by atoms with E-state index in [1.54, 1.807) is 12.2 Å². The normalized spacial score (nSPS) is 18.3. The largest absolute Gasteiger partial charge is 0.550 e. The highest BCUT2D eigenvalue weighted by Gasteiger charge is 2.32. The highest BCUT2D eigenvalue weighted by Crippen LogP contribution is 2.41. The fourth-order valence-corrected chi connectivity index (χ4v) is 5.05. The molecule has 0 fully saturated rings. The molecule has 0 saturated heterocycles. The van der Waals surface area contributed by atoms with Crippen molar-refractivity contribution in [3.8, 4) is 11.1 Å². The third-order valence-electron chi connectivity index (χ3n) is 5.82. The number of allylic oxidation sites excluding steroid dienone is 2. The minimum Gasteiger partial charge on any atom is -0.550 e. The smallest absolute Gasteiger partial charge is 0.341 e. The lowest BCUT2D eigenvalue weighted by atomic mass is 9.82. The van der Waals surface area contributed by atoms with Gasteiger partial charge in [0, 0.05) is 22.3 Å². The molecule has 0 radical (unpaired) electrons. The zero-order valence-corrected chi connectivity index (χ0v) is 19.8. The Labute approximate surface area is 192 Å². The topological polar surface area (TPSA) is 95.5 Å². The van der Waals surface area contributed by atoms with Gasteiger partial charge in [-0.2, -0.15) is 0 Å². The van der Waals surface area contributed by atoms with Gasteiger partial charge in [-0.3, -0.25) is 4.79 Å². The van der Waals surface area contributed by atoms with E-state index in [0.717, 1.165) is 10.4 Å². The first-order valence-corrected chi connectivity index (χ1v) is 11.4. The molecule has 170 valence electrons. The van der Waals surface area contributed by atoms with Gasteiger partial charge in [0.05, 0.1) is 13.0 Å². The lowest BCUT2D eigenvalue weighted by molar-refractivity contribution is -0.313. The summed E-state index contributed by atoms with van der Waals surface area (Å²) in [6, 6.07) is 7.99. The minimum absolute atomic E-state index is 0.00346. The Hall–Kier alpha value is -2.93. The molecule has 0 saturated carbocycles. The number of carbonyl (C=O) groups excluding carboxylic acids is 3. The second-order valence-electron chi connectivity index (χ2n) is 9.02. The summed E-state index contributed by atoms with van der Waals surface area (Å²) in [5.74, 6) is -3.90. The van der Waals surface area contributed by atoms with Gasteiger partial charge in [0.15, 0.2) is 0 Å². The number of benzene rings is 1. The van der Waals surface area contributed by atoms with Crippen LogP contribution in [0.4, 0.5) is 5.00 Å². The van der Waals surface area contributed by atoms with Gasteiger partial charge in [0.25, 0.3) is 0 Å². The van der Waals surface area contributed by atoms with Crippen LogP contribution in [0.15, 0.2) is 36.4 Å². The number of methoxy groups -OCH3 is 1. The van der Waals surface area contributed by atoms with Crippen molar-refractivity contribution in [3.05, 3.63) is 52.4 Å². The number of nitrogens with one attached hydrogen (secondary N) is 1. The van der Waals surface area contributed by atoms with Crippen LogP contribution in [0.25, 0.3) is 11.1 Å². The summed E-state index contributed by atoms with van der Waals surface area (Å²) in [7, 11) is 1.30. The number of esters is 1. The highest BCUT2D eigenvalue weighted by molar-refractivity contribution is 7.17. The molecule has 7 heteroatoms. The van der Waals surface area contributed by atoms with Gasteiger partial charge < -0.3 is 20.0 Å². The van der Waals surface area contributed by atoms with Crippen LogP contribution in [-0.4, -0.2) is 25.0 Å². The van der Waals surface area contributed by atoms with Crippen LogP contribution >= 0.6 is 11.3 Å². The molecular formula is C25H28NO5S-. The quantitative estimate of drug-likeness (QED) is 0.543. The third kappa shape index (κ3) is 4.78. The second-order valence-corrected chi connectivity index (χ2v) is 10.2. The van der Waals surface area contributed by atoms with Crippen molar-refractivity contribution < 1.29 is 24.2 Å². The molecule has 1 aromatic carbocycles. The molecule has 0 bridgehead atoms. The van der Waals surface area contributed by atoms with Gasteiger partial charge in [0.1, 0.15) is 10.6 Å². The maximum Gasteiger partial charge on any atom is 0.341 e. The number of hydrogen-bond donors (Lipinski definition) is 1. The molecule has 32 heavy (non-hydrogen) atoms. The van der Waals surface area contributed by atoms with Crippen LogP contribution < -0.4 is 10.4 Å². The van der Waals surface area contributed by atoms with Gasteiger partial charge in [-0.05, 0) is 36.3 Å². The first-order chi connectivity index (χ1) is 15.0. The Balaban J connectivity index is 1.99. The molecule has 1 aliphatic carbocycles. The molecular weight excluding hydrogens is 426 g/mol. The van der Waals surface area contributed by atoms with Gasteiger partial charge in [-0.1, -0.05) is 57.2 Å². The van der Waals surface area contributed by atoms with Gasteiger partial charge >= 0.3 is 5.97 Å². The second kappa shape index (κ2) is 9.28. The minimum atomic E-state index is -1.25. The number of hydrogen-bond acceptors (Lipinski definition) is 6. The number of ether oxygens (including phenoxy) is 1. The van der Waals surface area contributed by atoms with Crippen molar-refractivity contribution in [2.75, 3.05) is 12.4 Å². The fourth-order valence-electron chi connectivity index (χ4n) is 3.98. The van der Waals surface area contributed by atoms with Gasteiger partial charge in [-0.15, -0.1) is 11.3 Å². The molecule has 2 atom stereocenters. The molecule has 1 heterocycles. The van der Waals surface area contributed by atoms with Crippen LogP contribution in [0.5, 0.6) is 0 Å². The Morgan fingerprint density at radius 2 is 1.66 bits per heavy atom. The Bertz CT molecular complexity index is 1060. The van der Waals surface area contributed by atoms with Gasteiger partial charge in [-0.25, -0.2) is 4.79 Å². The Morgan fingerprint density at radius 3 is 2.19 bits per heavy atom. The van der Waals surface area contributed by atoms with Crippen molar-refractivity contribution in [2.24, 2.45) is 11.8 Å². The average molecular weight is 455 g/mol. The molecule has 1 N–H and O–H groups in total. The van der Waals surface area contributed by atoms with Crippen LogP contribution in [0.3, 0.4) is 0 Å². The zero-order valence-electron chi connectivity index (χ0n) is 19.0. The van der Waals surface area contributed by atoms with Crippen LogP contribution in [0.1, 0.15) is 54.4 Å². The molecule has 6 nitrogen and oxygen atoms in total. The maximum atomic E-state index is 13.0. The van der Waals surface area contributed by atoms with Crippen molar-refractivity contribution in [3.63, 3.8) is 0 Å². The van der Waals surface area contributed by atoms with E-state index in [9.17, 15) is 19.5 Å². The molecule has 1 aliphatic rings. The summed E-state index contributed by atoms with van der Waals surface area (Å²) < 4.78 is 5.02. The monoisotopic (exact) mass is 454 g/mol. The first kappa shape index (κ1) is 23.7. The molecule has 3 rings (SSSR count). The first-order valence-electron chi connectivity index (χ1n) is 10.5. The lowest BCUT2D eigenvalue weighted by Crippen LogP contribution is -2.41. The number of anilines is 1. The predicted molar refractivity (Wildman–Crippen MR) is 124 cm³/mol. The SMILES string of the molecule is COC(=O)c1c(NC(=O)[C@H]2CC=CC[C@H]2C(=O)[O-])sc(C)c1-c1ccc(C(C)(C)C)cc1. The van der Waals surface area contributed by atoms with Crippen molar-refractivity contribution in [2.45, 2.75) is 46.0 Å². The molecule has 0 unspecified atom stereocenters. The molecule has 0 aliphatic heterocycles. The van der Waals surface area contributed by atoms with E-state index in [4.69, 9.17) is 4.74 Å². The average Bonchev–Trinajstić information content (AvgIpc) is 3.08. The van der Waals surface area contributed by atoms with Crippen LogP contribution in [0, 0.1) is 18.8 Å². The van der Waals surface area contributed by atoms with Gasteiger partial charge in [0.2, 0.25) is 5.91 Å². The summed E-state index contributed by atoms with van der Waals surface area (Å²) in [5.41, 5.74) is 3.00. The number of carboxylic acids is 1. The lowest BCUT2D eigenvalue weighted by Gasteiger charge is -2.28.